The van der Waals surface area contributed by atoms with E-state index in [1.54, 1.807) is 48.5 Å². The van der Waals surface area contributed by atoms with E-state index in [1.807, 2.05) is 0 Å². The van der Waals surface area contributed by atoms with E-state index >= 15 is 0 Å². The zero-order valence-electron chi connectivity index (χ0n) is 15.1. The average Bonchev–Trinajstić information content (AvgIpc) is 3.19. The van der Waals surface area contributed by atoms with E-state index in [2.05, 4.69) is 5.10 Å². The lowest BCUT2D eigenvalue weighted by Gasteiger charge is -2.23. The summed E-state index contributed by atoms with van der Waals surface area (Å²) in [7, 11) is 1.46. The summed E-state index contributed by atoms with van der Waals surface area (Å²) in [6.07, 6.45) is 0. The molecule has 0 saturated carbocycles. The van der Waals surface area contributed by atoms with E-state index in [1.165, 1.54) is 19.0 Å². The number of Topliss-reactive ketones (excluding diaryl/α,β-unsaturated/α-hetero) is 1. The van der Waals surface area contributed by atoms with Crippen LogP contribution >= 0.6 is 11.6 Å². The number of hydrogen-bond acceptors (Lipinski definition) is 6. The van der Waals surface area contributed by atoms with Crippen LogP contribution in [-0.2, 0) is 14.4 Å². The number of imide groups is 1. The van der Waals surface area contributed by atoms with E-state index in [-0.39, 0.29) is 11.5 Å². The third-order valence-corrected chi connectivity index (χ3v) is 5.04. The molecule has 0 bridgehead atoms. The van der Waals surface area contributed by atoms with Crippen molar-refractivity contribution in [3.05, 3.63) is 53.6 Å². The quantitative estimate of drug-likeness (QED) is 0.741. The molecular formula is C20H16ClN3O4. The fourth-order valence-corrected chi connectivity index (χ4v) is 3.77. The second-order valence-electron chi connectivity index (χ2n) is 6.47. The zero-order valence-corrected chi connectivity index (χ0v) is 15.9. The predicted molar refractivity (Wildman–Crippen MR) is 105 cm³/mol. The lowest BCUT2D eigenvalue weighted by atomic mass is 9.95. The second kappa shape index (κ2) is 6.76. The van der Waals surface area contributed by atoms with Crippen LogP contribution in [0.4, 0.5) is 11.4 Å². The minimum absolute atomic E-state index is 0.0562. The van der Waals surface area contributed by atoms with Crippen molar-refractivity contribution in [2.45, 2.75) is 13.0 Å². The molecule has 142 valence electrons. The van der Waals surface area contributed by atoms with Gasteiger partial charge in [-0.3, -0.25) is 19.4 Å². The molecule has 28 heavy (non-hydrogen) atoms. The van der Waals surface area contributed by atoms with E-state index < -0.39 is 23.8 Å². The average molecular weight is 398 g/mol. The number of fused-ring (bicyclic) bond motifs is 1. The minimum Gasteiger partial charge on any atom is -0.495 e. The van der Waals surface area contributed by atoms with Gasteiger partial charge in [0.05, 0.1) is 18.5 Å². The van der Waals surface area contributed by atoms with Crippen molar-refractivity contribution in [3.8, 4) is 5.75 Å². The van der Waals surface area contributed by atoms with Crippen molar-refractivity contribution >= 4 is 46.3 Å². The van der Waals surface area contributed by atoms with Crippen molar-refractivity contribution in [2.24, 2.45) is 11.0 Å². The van der Waals surface area contributed by atoms with Crippen molar-refractivity contribution in [1.29, 1.82) is 0 Å². The van der Waals surface area contributed by atoms with Crippen LogP contribution in [-0.4, -0.2) is 36.5 Å². The third kappa shape index (κ3) is 2.66. The van der Waals surface area contributed by atoms with Gasteiger partial charge in [-0.1, -0.05) is 29.8 Å². The number of amides is 2. The van der Waals surface area contributed by atoms with E-state index in [0.29, 0.717) is 22.1 Å². The molecule has 2 aromatic carbocycles. The Morgan fingerprint density at radius 1 is 1.11 bits per heavy atom. The number of benzene rings is 2. The molecule has 0 aromatic heterocycles. The fraction of sp³-hybridized carbons (Fsp3) is 0.200. The lowest BCUT2D eigenvalue weighted by Crippen LogP contribution is -2.39. The fourth-order valence-electron chi connectivity index (χ4n) is 3.59. The van der Waals surface area contributed by atoms with E-state index in [4.69, 9.17) is 16.3 Å². The van der Waals surface area contributed by atoms with Crippen molar-refractivity contribution in [1.82, 2.24) is 0 Å². The molecule has 2 aliphatic heterocycles. The van der Waals surface area contributed by atoms with Crippen LogP contribution < -0.4 is 14.6 Å². The van der Waals surface area contributed by atoms with Crippen LogP contribution in [0, 0.1) is 5.92 Å². The molecule has 2 atom stereocenters. The van der Waals surface area contributed by atoms with Crippen LogP contribution in [0.1, 0.15) is 6.92 Å². The molecule has 2 aromatic rings. The normalized spacial score (nSPS) is 21.0. The third-order valence-electron chi connectivity index (χ3n) is 4.81. The molecule has 0 N–H and O–H groups in total. The Morgan fingerprint density at radius 3 is 2.54 bits per heavy atom. The van der Waals surface area contributed by atoms with Gasteiger partial charge in [0.2, 0.25) is 5.91 Å². The summed E-state index contributed by atoms with van der Waals surface area (Å²) in [5.41, 5.74) is 0.922. The first-order chi connectivity index (χ1) is 13.4. The molecule has 1 fully saturated rings. The highest BCUT2D eigenvalue weighted by Crippen LogP contribution is 2.40. The van der Waals surface area contributed by atoms with Gasteiger partial charge in [-0.15, -0.1) is 0 Å². The first kappa shape index (κ1) is 18.2. The number of carbonyl (C=O) groups excluding carboxylic acids is 3. The van der Waals surface area contributed by atoms with Crippen LogP contribution in [0.25, 0.3) is 0 Å². The Bertz CT molecular complexity index is 1040. The van der Waals surface area contributed by atoms with Gasteiger partial charge >= 0.3 is 0 Å². The van der Waals surface area contributed by atoms with Gasteiger partial charge in [0.1, 0.15) is 23.4 Å². The highest BCUT2D eigenvalue weighted by molar-refractivity contribution is 6.49. The van der Waals surface area contributed by atoms with Gasteiger partial charge < -0.3 is 4.74 Å². The van der Waals surface area contributed by atoms with E-state index in [9.17, 15) is 14.4 Å². The first-order valence-corrected chi connectivity index (χ1v) is 8.97. The van der Waals surface area contributed by atoms with Crippen molar-refractivity contribution < 1.29 is 19.1 Å². The van der Waals surface area contributed by atoms with Crippen LogP contribution in [0.5, 0.6) is 5.75 Å². The number of halogens is 1. The maximum atomic E-state index is 13.3. The molecule has 0 radical (unpaired) electrons. The molecule has 2 amide bonds. The van der Waals surface area contributed by atoms with Crippen LogP contribution in [0.3, 0.4) is 0 Å². The first-order valence-electron chi connectivity index (χ1n) is 8.59. The molecule has 0 unspecified atom stereocenters. The Labute approximate surface area is 166 Å². The van der Waals surface area contributed by atoms with Gasteiger partial charge in [0, 0.05) is 11.9 Å². The highest BCUT2D eigenvalue weighted by atomic mass is 35.5. The number of anilines is 2. The van der Waals surface area contributed by atoms with Gasteiger partial charge in [-0.25, -0.2) is 4.90 Å². The molecule has 0 aliphatic carbocycles. The van der Waals surface area contributed by atoms with Gasteiger partial charge in [0.25, 0.3) is 5.91 Å². The standard InChI is InChI=1S/C20H16ClN3O4/c1-11(25)17-16-18(24(22-17)13-7-5-6-12(21)10-13)20(27)23(19(16)26)14-8-3-4-9-15(14)28-2/h3-10,16,18H,1-2H3/t16-,18+/m1/s1. The number of methoxy groups -OCH3 is 1. The summed E-state index contributed by atoms with van der Waals surface area (Å²) in [5, 5.41) is 6.16. The van der Waals surface area contributed by atoms with E-state index in [0.717, 1.165) is 4.90 Å². The summed E-state index contributed by atoms with van der Waals surface area (Å²) in [6.45, 7) is 1.33. The molecule has 4 rings (SSSR count). The monoisotopic (exact) mass is 397 g/mol. The smallest absolute Gasteiger partial charge is 0.260 e. The predicted octanol–water partition coefficient (Wildman–Crippen LogP) is 2.67. The summed E-state index contributed by atoms with van der Waals surface area (Å²) in [5.74, 6) is -1.92. The topological polar surface area (TPSA) is 79.3 Å². The Balaban J connectivity index is 1.83. The van der Waals surface area contributed by atoms with Crippen molar-refractivity contribution in [2.75, 3.05) is 17.0 Å². The Hall–Kier alpha value is -3.19. The largest absolute Gasteiger partial charge is 0.495 e. The summed E-state index contributed by atoms with van der Waals surface area (Å²) in [6, 6.07) is 12.6. The van der Waals surface area contributed by atoms with Gasteiger partial charge in [0.15, 0.2) is 5.78 Å². The Kier molecular flexibility index (Phi) is 4.39. The highest BCUT2D eigenvalue weighted by Gasteiger charge is 2.58. The number of hydrogen-bond donors (Lipinski definition) is 0. The SMILES string of the molecule is COc1ccccc1N1C(=O)[C@@H]2C(C(C)=O)=NN(c3cccc(Cl)c3)[C@@H]2C1=O. The second-order valence-corrected chi connectivity index (χ2v) is 6.91. The number of rotatable bonds is 4. The van der Waals surface area contributed by atoms with Gasteiger partial charge in [-0.2, -0.15) is 5.10 Å². The molecule has 8 heteroatoms. The number of ether oxygens (including phenoxy) is 1. The summed E-state index contributed by atoms with van der Waals surface area (Å²) >= 11 is 6.07. The zero-order chi connectivity index (χ0) is 20.0. The number of nitrogens with zero attached hydrogens (tertiary/aromatic N) is 3. The maximum Gasteiger partial charge on any atom is 0.260 e. The summed E-state index contributed by atoms with van der Waals surface area (Å²) < 4.78 is 5.30. The summed E-state index contributed by atoms with van der Waals surface area (Å²) in [4.78, 5) is 39.7. The van der Waals surface area contributed by atoms with Gasteiger partial charge in [-0.05, 0) is 30.3 Å². The van der Waals surface area contributed by atoms with Crippen LogP contribution in [0.2, 0.25) is 5.02 Å². The number of hydrazone groups is 1. The molecule has 2 heterocycles. The molecule has 0 spiro atoms. The van der Waals surface area contributed by atoms with Crippen LogP contribution in [0.15, 0.2) is 53.6 Å². The number of ketones is 1. The molecule has 2 aliphatic rings. The Morgan fingerprint density at radius 2 is 1.86 bits per heavy atom. The minimum atomic E-state index is -0.978. The molecule has 7 nitrogen and oxygen atoms in total. The van der Waals surface area contributed by atoms with Crippen molar-refractivity contribution in [3.63, 3.8) is 0 Å². The lowest BCUT2D eigenvalue weighted by molar-refractivity contribution is -0.122. The molecule has 1 saturated heterocycles. The molecular weight excluding hydrogens is 382 g/mol. The maximum absolute atomic E-state index is 13.3. The number of para-hydroxylation sites is 2. The number of carbonyl (C=O) groups is 3.